The number of anilines is 1. The van der Waals surface area contributed by atoms with Crippen LogP contribution in [0.4, 0.5) is 5.69 Å². The Morgan fingerprint density at radius 1 is 1.13 bits per heavy atom. The Balaban J connectivity index is 1.73. The predicted molar refractivity (Wildman–Crippen MR) is 64.0 cm³/mol. The third-order valence-electron chi connectivity index (χ3n) is 4.22. The Labute approximate surface area is 91.9 Å². The molecule has 3 rings (SSSR count). The maximum atomic E-state index is 3.74. The van der Waals surface area contributed by atoms with Crippen LogP contribution < -0.4 is 5.32 Å². The SMILES string of the molecule is Cc1ccccc1N[C@H]1C[C@@H]2CC[C@@H]1C2. The van der Waals surface area contributed by atoms with Gasteiger partial charge in [-0.15, -0.1) is 0 Å². The lowest BCUT2D eigenvalue weighted by molar-refractivity contribution is 0.439. The largest absolute Gasteiger partial charge is 0.382 e. The van der Waals surface area contributed by atoms with Gasteiger partial charge in [-0.2, -0.15) is 0 Å². The van der Waals surface area contributed by atoms with E-state index >= 15 is 0 Å². The molecule has 1 N–H and O–H groups in total. The Morgan fingerprint density at radius 3 is 2.67 bits per heavy atom. The van der Waals surface area contributed by atoms with Crippen molar-refractivity contribution < 1.29 is 0 Å². The second kappa shape index (κ2) is 3.55. The summed E-state index contributed by atoms with van der Waals surface area (Å²) < 4.78 is 0. The molecule has 2 aliphatic rings. The van der Waals surface area contributed by atoms with Crippen molar-refractivity contribution in [1.82, 2.24) is 0 Å². The van der Waals surface area contributed by atoms with Crippen molar-refractivity contribution in [2.75, 3.05) is 5.32 Å². The van der Waals surface area contributed by atoms with E-state index in [1.54, 1.807) is 0 Å². The van der Waals surface area contributed by atoms with E-state index in [1.165, 1.54) is 36.9 Å². The van der Waals surface area contributed by atoms with Crippen molar-refractivity contribution in [3.63, 3.8) is 0 Å². The molecule has 3 atom stereocenters. The highest BCUT2D eigenvalue weighted by Crippen LogP contribution is 2.45. The quantitative estimate of drug-likeness (QED) is 0.771. The first-order chi connectivity index (χ1) is 7.33. The Hall–Kier alpha value is -0.980. The highest BCUT2D eigenvalue weighted by molar-refractivity contribution is 5.51. The summed E-state index contributed by atoms with van der Waals surface area (Å²) in [6.45, 7) is 2.19. The molecule has 1 heteroatoms. The molecule has 1 aromatic rings. The topological polar surface area (TPSA) is 12.0 Å². The van der Waals surface area contributed by atoms with Gasteiger partial charge < -0.3 is 5.32 Å². The minimum absolute atomic E-state index is 0.754. The summed E-state index contributed by atoms with van der Waals surface area (Å²) in [5.74, 6) is 1.98. The van der Waals surface area contributed by atoms with E-state index in [-0.39, 0.29) is 0 Å². The van der Waals surface area contributed by atoms with Crippen molar-refractivity contribution >= 4 is 5.69 Å². The van der Waals surface area contributed by atoms with E-state index in [2.05, 4.69) is 36.5 Å². The summed E-state index contributed by atoms with van der Waals surface area (Å²) in [6.07, 6.45) is 5.81. The summed E-state index contributed by atoms with van der Waals surface area (Å²) in [5.41, 5.74) is 2.72. The number of benzene rings is 1. The van der Waals surface area contributed by atoms with Crippen LogP contribution >= 0.6 is 0 Å². The maximum Gasteiger partial charge on any atom is 0.0372 e. The molecule has 2 fully saturated rings. The van der Waals surface area contributed by atoms with Crippen molar-refractivity contribution in [3.05, 3.63) is 29.8 Å². The van der Waals surface area contributed by atoms with Crippen LogP contribution in [-0.4, -0.2) is 6.04 Å². The average Bonchev–Trinajstić information content (AvgIpc) is 2.83. The number of rotatable bonds is 2. The van der Waals surface area contributed by atoms with Crippen LogP contribution in [0.1, 0.15) is 31.2 Å². The molecule has 0 aliphatic heterocycles. The highest BCUT2D eigenvalue weighted by atomic mass is 14.9. The number of hydrogen-bond acceptors (Lipinski definition) is 1. The number of hydrogen-bond donors (Lipinski definition) is 1. The van der Waals surface area contributed by atoms with E-state index in [4.69, 9.17) is 0 Å². The van der Waals surface area contributed by atoms with Gasteiger partial charge in [0.15, 0.2) is 0 Å². The summed E-state index contributed by atoms with van der Waals surface area (Å²) in [7, 11) is 0. The fraction of sp³-hybridized carbons (Fsp3) is 0.571. The van der Waals surface area contributed by atoms with Gasteiger partial charge in [0.25, 0.3) is 0 Å². The van der Waals surface area contributed by atoms with Crippen LogP contribution in [0.15, 0.2) is 24.3 Å². The summed E-state index contributed by atoms with van der Waals surface area (Å²) >= 11 is 0. The van der Waals surface area contributed by atoms with Crippen molar-refractivity contribution in [2.24, 2.45) is 11.8 Å². The molecule has 0 unspecified atom stereocenters. The molecule has 1 aromatic carbocycles. The van der Waals surface area contributed by atoms with Gasteiger partial charge in [0, 0.05) is 11.7 Å². The molecule has 0 heterocycles. The zero-order valence-corrected chi connectivity index (χ0v) is 9.37. The molecule has 0 aromatic heterocycles. The first-order valence-electron chi connectivity index (χ1n) is 6.15. The standard InChI is InChI=1S/C14H19N/c1-10-4-2-3-5-13(10)15-14-9-11-6-7-12(14)8-11/h2-5,11-12,14-15H,6-9H2,1H3/t11-,12-,14+/m1/s1. The molecule has 0 spiro atoms. The first-order valence-corrected chi connectivity index (χ1v) is 6.15. The minimum Gasteiger partial charge on any atom is -0.382 e. The zero-order chi connectivity index (χ0) is 10.3. The van der Waals surface area contributed by atoms with E-state index < -0.39 is 0 Å². The summed E-state index contributed by atoms with van der Waals surface area (Å²) in [5, 5.41) is 3.74. The Kier molecular flexibility index (Phi) is 2.19. The number of nitrogens with one attached hydrogen (secondary N) is 1. The van der Waals surface area contributed by atoms with Crippen molar-refractivity contribution in [3.8, 4) is 0 Å². The lowest BCUT2D eigenvalue weighted by Crippen LogP contribution is -2.26. The maximum absolute atomic E-state index is 3.74. The minimum atomic E-state index is 0.754. The third kappa shape index (κ3) is 1.64. The fourth-order valence-corrected chi connectivity index (χ4v) is 3.36. The van der Waals surface area contributed by atoms with Crippen molar-refractivity contribution in [2.45, 2.75) is 38.6 Å². The Morgan fingerprint density at radius 2 is 2.00 bits per heavy atom. The average molecular weight is 201 g/mol. The molecule has 0 amide bonds. The molecule has 80 valence electrons. The fourth-order valence-electron chi connectivity index (χ4n) is 3.36. The van der Waals surface area contributed by atoms with Crippen LogP contribution in [-0.2, 0) is 0 Å². The Bertz CT molecular complexity index is 358. The third-order valence-corrected chi connectivity index (χ3v) is 4.22. The number of fused-ring (bicyclic) bond motifs is 2. The molecule has 0 saturated heterocycles. The van der Waals surface area contributed by atoms with Crippen LogP contribution in [0.25, 0.3) is 0 Å². The molecule has 0 radical (unpaired) electrons. The van der Waals surface area contributed by atoms with E-state index in [0.29, 0.717) is 0 Å². The summed E-state index contributed by atoms with van der Waals surface area (Å²) in [4.78, 5) is 0. The number of aryl methyl sites for hydroxylation is 1. The monoisotopic (exact) mass is 201 g/mol. The summed E-state index contributed by atoms with van der Waals surface area (Å²) in [6, 6.07) is 9.39. The van der Waals surface area contributed by atoms with Crippen molar-refractivity contribution in [1.29, 1.82) is 0 Å². The van der Waals surface area contributed by atoms with E-state index in [1.807, 2.05) is 0 Å². The normalized spacial score (nSPS) is 33.3. The van der Waals surface area contributed by atoms with Gasteiger partial charge in [0.05, 0.1) is 0 Å². The molecule has 2 bridgehead atoms. The van der Waals surface area contributed by atoms with Gasteiger partial charge in [-0.3, -0.25) is 0 Å². The highest BCUT2D eigenvalue weighted by Gasteiger charge is 2.39. The second-order valence-corrected chi connectivity index (χ2v) is 5.24. The van der Waals surface area contributed by atoms with Crippen LogP contribution in [0, 0.1) is 18.8 Å². The van der Waals surface area contributed by atoms with Crippen LogP contribution in [0.3, 0.4) is 0 Å². The van der Waals surface area contributed by atoms with Crippen LogP contribution in [0.2, 0.25) is 0 Å². The molecule has 15 heavy (non-hydrogen) atoms. The van der Waals surface area contributed by atoms with Gasteiger partial charge in [0.2, 0.25) is 0 Å². The predicted octanol–water partition coefficient (Wildman–Crippen LogP) is 3.60. The number of para-hydroxylation sites is 1. The molecule has 2 aliphatic carbocycles. The van der Waals surface area contributed by atoms with E-state index in [0.717, 1.165) is 17.9 Å². The van der Waals surface area contributed by atoms with Gasteiger partial charge in [-0.1, -0.05) is 24.6 Å². The van der Waals surface area contributed by atoms with Gasteiger partial charge in [0.1, 0.15) is 0 Å². The first kappa shape index (κ1) is 9.26. The van der Waals surface area contributed by atoms with Gasteiger partial charge in [-0.05, 0) is 49.7 Å². The molecule has 1 nitrogen and oxygen atoms in total. The lowest BCUT2D eigenvalue weighted by atomic mass is 9.95. The smallest absolute Gasteiger partial charge is 0.0372 e. The van der Waals surface area contributed by atoms with Crippen LogP contribution in [0.5, 0.6) is 0 Å². The van der Waals surface area contributed by atoms with E-state index in [9.17, 15) is 0 Å². The molecule has 2 saturated carbocycles. The van der Waals surface area contributed by atoms with Gasteiger partial charge >= 0.3 is 0 Å². The second-order valence-electron chi connectivity index (χ2n) is 5.24. The lowest BCUT2D eigenvalue weighted by Gasteiger charge is -2.24. The zero-order valence-electron chi connectivity index (χ0n) is 9.37. The van der Waals surface area contributed by atoms with Gasteiger partial charge in [-0.25, -0.2) is 0 Å². The molecular formula is C14H19N. The molecular weight excluding hydrogens is 182 g/mol.